The maximum Gasteiger partial charge on any atom is 0.0576 e. The first-order valence-electron chi connectivity index (χ1n) is 14.9. The van der Waals surface area contributed by atoms with Gasteiger partial charge in [0.25, 0.3) is 0 Å². The van der Waals surface area contributed by atoms with Crippen molar-refractivity contribution in [3.8, 4) is 5.69 Å². The molecule has 2 N–H and O–H groups in total. The molecule has 212 valence electrons. The van der Waals surface area contributed by atoms with Gasteiger partial charge in [0.1, 0.15) is 0 Å². The van der Waals surface area contributed by atoms with E-state index in [1.165, 1.54) is 71.2 Å². The number of aromatic nitrogens is 2. The van der Waals surface area contributed by atoms with Gasteiger partial charge in [0, 0.05) is 62.8 Å². The Labute approximate surface area is 260 Å². The van der Waals surface area contributed by atoms with Crippen molar-refractivity contribution in [2.45, 2.75) is 6.42 Å². The number of rotatable bonds is 3. The van der Waals surface area contributed by atoms with E-state index in [2.05, 4.69) is 155 Å². The molecule has 0 aliphatic carbocycles. The fourth-order valence-electron chi connectivity index (χ4n) is 6.69. The van der Waals surface area contributed by atoms with Crippen LogP contribution in [0.2, 0.25) is 0 Å². The lowest BCUT2D eigenvalue weighted by atomic mass is 10.0. The molecule has 4 heteroatoms. The summed E-state index contributed by atoms with van der Waals surface area (Å²) in [5, 5.41) is 12.1. The number of para-hydroxylation sites is 4. The van der Waals surface area contributed by atoms with Crippen LogP contribution in [0, 0.1) is 0 Å². The van der Waals surface area contributed by atoms with Crippen LogP contribution in [0.3, 0.4) is 0 Å². The first kappa shape index (κ1) is 26.3. The van der Waals surface area contributed by atoms with E-state index in [9.17, 15) is 0 Å². The van der Waals surface area contributed by atoms with Crippen molar-refractivity contribution < 1.29 is 0 Å². The van der Waals surface area contributed by atoms with Crippen molar-refractivity contribution in [1.29, 1.82) is 0 Å². The second kappa shape index (κ2) is 10.7. The van der Waals surface area contributed by atoms with Crippen molar-refractivity contribution in [2.24, 2.45) is 7.05 Å². The van der Waals surface area contributed by atoms with Crippen molar-refractivity contribution in [3.05, 3.63) is 155 Å². The van der Waals surface area contributed by atoms with Crippen LogP contribution in [-0.4, -0.2) is 9.13 Å². The summed E-state index contributed by atoms with van der Waals surface area (Å²) in [4.78, 5) is 0. The van der Waals surface area contributed by atoms with E-state index in [4.69, 9.17) is 5.73 Å². The van der Waals surface area contributed by atoms with Gasteiger partial charge in [0.2, 0.25) is 0 Å². The Balaban J connectivity index is 0.000000140. The molecule has 9 rings (SSSR count). The minimum absolute atomic E-state index is 0.843. The quantitative estimate of drug-likeness (QED) is 0.220. The molecule has 3 aromatic heterocycles. The lowest BCUT2D eigenvalue weighted by Gasteiger charge is -2.11. The van der Waals surface area contributed by atoms with Gasteiger partial charge in [-0.3, -0.25) is 0 Å². The summed E-state index contributed by atoms with van der Waals surface area (Å²) >= 11 is 1.66. The van der Waals surface area contributed by atoms with E-state index in [1.54, 1.807) is 11.3 Å². The van der Waals surface area contributed by atoms with E-state index in [0.717, 1.165) is 12.1 Å². The second-order valence-corrected chi connectivity index (χ2v) is 12.0. The lowest BCUT2D eigenvalue weighted by Crippen LogP contribution is -1.98. The molecule has 0 saturated heterocycles. The van der Waals surface area contributed by atoms with E-state index >= 15 is 0 Å². The van der Waals surface area contributed by atoms with Crippen LogP contribution >= 0.6 is 11.3 Å². The molecule has 0 spiro atoms. The number of nitrogens with two attached hydrogens (primary N) is 1. The molecule has 0 saturated carbocycles. The summed E-state index contributed by atoms with van der Waals surface area (Å²) in [6.07, 6.45) is 0.843. The van der Waals surface area contributed by atoms with Crippen LogP contribution < -0.4 is 5.73 Å². The molecule has 0 atom stereocenters. The molecule has 3 heterocycles. The molecule has 0 radical (unpaired) electrons. The number of hydrogen-bond acceptors (Lipinski definition) is 2. The maximum absolute atomic E-state index is 6.16. The number of thiophene rings is 1. The highest BCUT2D eigenvalue weighted by Gasteiger charge is 2.16. The van der Waals surface area contributed by atoms with Crippen molar-refractivity contribution in [2.75, 3.05) is 5.73 Å². The smallest absolute Gasteiger partial charge is 0.0576 e. The normalized spacial score (nSPS) is 11.5. The molecule has 0 aliphatic rings. The molecule has 0 fully saturated rings. The van der Waals surface area contributed by atoms with Crippen LogP contribution in [0.1, 0.15) is 11.1 Å². The summed E-state index contributed by atoms with van der Waals surface area (Å²) < 4.78 is 4.65. The van der Waals surface area contributed by atoms with E-state index in [0.29, 0.717) is 0 Å². The summed E-state index contributed by atoms with van der Waals surface area (Å²) in [5.74, 6) is 0. The average Bonchev–Trinajstić information content (AvgIpc) is 3.74. The van der Waals surface area contributed by atoms with Gasteiger partial charge in [-0.25, -0.2) is 0 Å². The maximum atomic E-state index is 6.16. The molecule has 6 aromatic carbocycles. The number of benzene rings is 6. The van der Waals surface area contributed by atoms with E-state index in [-0.39, 0.29) is 0 Å². The Morgan fingerprint density at radius 3 is 2.02 bits per heavy atom. The number of aryl methyl sites for hydroxylation is 1. The standard InChI is InChI=1S/C23H18N2S.C17H13N/c24-21-15-26-14-17(21)13-16-7-6-11-20-19-10-4-5-12-22(19)25(23(16)20)18-8-2-1-3-9-18;1-18-15-9-5-4-8-14(15)17-13-7-3-2-6-12(13)10-11-16(17)18/h1-12,14-15H,13,24H2;2-11H,1H3. The van der Waals surface area contributed by atoms with Gasteiger partial charge in [-0.2, -0.15) is 0 Å². The Kier molecular flexibility index (Phi) is 6.43. The molecular weight excluding hydrogens is 555 g/mol. The zero-order valence-corrected chi connectivity index (χ0v) is 25.3. The summed E-state index contributed by atoms with van der Waals surface area (Å²) in [5.41, 5.74) is 15.8. The van der Waals surface area contributed by atoms with Gasteiger partial charge in [0.05, 0.1) is 11.0 Å². The Hall–Kier alpha value is -5.32. The minimum Gasteiger partial charge on any atom is -0.398 e. The highest BCUT2D eigenvalue weighted by atomic mass is 32.1. The summed E-state index contributed by atoms with van der Waals surface area (Å²) in [6, 6.07) is 47.4. The molecule has 0 unspecified atom stereocenters. The van der Waals surface area contributed by atoms with Crippen LogP contribution in [0.25, 0.3) is 60.1 Å². The van der Waals surface area contributed by atoms with Gasteiger partial charge >= 0.3 is 0 Å². The zero-order valence-electron chi connectivity index (χ0n) is 24.4. The predicted octanol–water partition coefficient (Wildman–Crippen LogP) is 10.5. The molecule has 0 bridgehead atoms. The fraction of sp³-hybridized carbons (Fsp3) is 0.0500. The predicted molar refractivity (Wildman–Crippen MR) is 190 cm³/mol. The molecule has 0 amide bonds. The number of anilines is 1. The van der Waals surface area contributed by atoms with Crippen LogP contribution in [0.5, 0.6) is 0 Å². The molecule has 9 aromatic rings. The first-order chi connectivity index (χ1) is 21.7. The third-order valence-electron chi connectivity index (χ3n) is 8.75. The van der Waals surface area contributed by atoms with Gasteiger partial charge < -0.3 is 14.9 Å². The second-order valence-electron chi connectivity index (χ2n) is 11.3. The first-order valence-corrected chi connectivity index (χ1v) is 15.9. The topological polar surface area (TPSA) is 35.9 Å². The Bertz CT molecular complexity index is 2440. The van der Waals surface area contributed by atoms with Crippen LogP contribution in [0.4, 0.5) is 5.69 Å². The van der Waals surface area contributed by atoms with Crippen LogP contribution in [0.15, 0.2) is 144 Å². The highest BCUT2D eigenvalue weighted by molar-refractivity contribution is 7.08. The van der Waals surface area contributed by atoms with Crippen LogP contribution in [-0.2, 0) is 13.5 Å². The van der Waals surface area contributed by atoms with Gasteiger partial charge in [0.15, 0.2) is 0 Å². The fourth-order valence-corrected chi connectivity index (χ4v) is 7.44. The Morgan fingerprint density at radius 2 is 1.23 bits per heavy atom. The molecule has 44 heavy (non-hydrogen) atoms. The van der Waals surface area contributed by atoms with E-state index < -0.39 is 0 Å². The average molecular weight is 586 g/mol. The third-order valence-corrected chi connectivity index (χ3v) is 9.56. The number of nitrogen functional groups attached to an aromatic ring is 1. The molecule has 0 aliphatic heterocycles. The molecular formula is C40H31N3S. The highest BCUT2D eigenvalue weighted by Crippen LogP contribution is 2.36. The van der Waals surface area contributed by atoms with Gasteiger partial charge in [-0.05, 0) is 57.6 Å². The monoisotopic (exact) mass is 585 g/mol. The number of fused-ring (bicyclic) bond motifs is 8. The number of hydrogen-bond donors (Lipinski definition) is 1. The van der Waals surface area contributed by atoms with Crippen molar-refractivity contribution in [3.63, 3.8) is 0 Å². The number of nitrogens with zero attached hydrogens (tertiary/aromatic N) is 2. The van der Waals surface area contributed by atoms with E-state index in [1.807, 2.05) is 5.38 Å². The van der Waals surface area contributed by atoms with Crippen molar-refractivity contribution >= 4 is 71.4 Å². The Morgan fingerprint density at radius 1 is 0.545 bits per heavy atom. The SMILES string of the molecule is Cn1c2ccccc2c2c3ccccc3ccc21.Nc1cscc1Cc1cccc2c3ccccc3n(-c3ccccc3)c12. The van der Waals surface area contributed by atoms with Gasteiger partial charge in [-0.15, -0.1) is 11.3 Å². The summed E-state index contributed by atoms with van der Waals surface area (Å²) in [7, 11) is 2.14. The van der Waals surface area contributed by atoms with Crippen molar-refractivity contribution in [1.82, 2.24) is 9.13 Å². The summed E-state index contributed by atoms with van der Waals surface area (Å²) in [6.45, 7) is 0. The molecule has 3 nitrogen and oxygen atoms in total. The minimum atomic E-state index is 0.843. The third kappa shape index (κ3) is 4.26. The zero-order chi connectivity index (χ0) is 29.6. The largest absolute Gasteiger partial charge is 0.398 e. The van der Waals surface area contributed by atoms with Gasteiger partial charge in [-0.1, -0.05) is 103 Å². The lowest BCUT2D eigenvalue weighted by molar-refractivity contribution is 1.01.